The number of rotatable bonds is 7. The molecule has 1 saturated heterocycles. The van der Waals surface area contributed by atoms with Crippen LogP contribution in [-0.4, -0.2) is 59.3 Å². The molecule has 0 aromatic rings. The third kappa shape index (κ3) is 5.88. The van der Waals surface area contributed by atoms with Crippen molar-refractivity contribution >= 4 is 6.47 Å². The minimum absolute atomic E-state index is 0.110. The maximum Gasteiger partial charge on any atom is 0.295 e. The second-order valence-electron chi connectivity index (χ2n) is 6.47. The van der Waals surface area contributed by atoms with Crippen LogP contribution in [0.2, 0.25) is 0 Å². The van der Waals surface area contributed by atoms with Gasteiger partial charge in [-0.25, -0.2) is 0 Å². The van der Waals surface area contributed by atoms with Gasteiger partial charge in [-0.05, 0) is 18.3 Å². The molecule has 5 atom stereocenters. The van der Waals surface area contributed by atoms with E-state index in [0.29, 0.717) is 6.61 Å². The summed E-state index contributed by atoms with van der Waals surface area (Å²) in [6.45, 7) is 6.91. The zero-order valence-electron chi connectivity index (χ0n) is 12.8. The summed E-state index contributed by atoms with van der Waals surface area (Å²) in [7, 11) is 0. The predicted octanol–water partition coefficient (Wildman–Crippen LogP) is 0.157. The van der Waals surface area contributed by atoms with E-state index in [1.807, 2.05) is 0 Å². The minimum atomic E-state index is -1.51. The van der Waals surface area contributed by atoms with Gasteiger partial charge < -0.3 is 29.5 Å². The fourth-order valence-corrected chi connectivity index (χ4v) is 2.08. The molecule has 124 valence electrons. The first-order chi connectivity index (χ1) is 9.76. The van der Waals surface area contributed by atoms with E-state index in [2.05, 4.69) is 25.5 Å². The second kappa shape index (κ2) is 8.05. The molecule has 0 amide bonds. The third-order valence-electron chi connectivity index (χ3n) is 3.32. The lowest BCUT2D eigenvalue weighted by molar-refractivity contribution is -0.339. The monoisotopic (exact) mass is 306 g/mol. The van der Waals surface area contributed by atoms with Gasteiger partial charge in [-0.15, -0.1) is 0 Å². The molecule has 0 spiro atoms. The Balaban J connectivity index is 2.37. The van der Waals surface area contributed by atoms with Gasteiger partial charge in [0, 0.05) is 6.61 Å². The molecule has 0 aliphatic carbocycles. The van der Waals surface area contributed by atoms with Crippen LogP contribution in [0, 0.1) is 5.41 Å². The molecular formula is C14H26O7. The quantitative estimate of drug-likeness (QED) is 0.454. The molecule has 1 heterocycles. The highest BCUT2D eigenvalue weighted by Crippen LogP contribution is 2.24. The maximum atomic E-state index is 10.3. The fourth-order valence-electron chi connectivity index (χ4n) is 2.08. The standard InChI is InChI=1S/C14H26O7/c1-14(2,3)6-4-5-7-19-12-10(17)9(16)11(18)13(21-12)20-8-15/h8-13,16-18H,4-7H2,1-3H3. The molecule has 0 aromatic heterocycles. The summed E-state index contributed by atoms with van der Waals surface area (Å²) in [6.07, 6.45) is -4.09. The Labute approximate surface area is 124 Å². The SMILES string of the molecule is CC(C)(C)CCCCOC1OC(OC=O)C(O)C(O)C1O. The summed E-state index contributed by atoms with van der Waals surface area (Å²) in [5.74, 6) is 0. The van der Waals surface area contributed by atoms with Crippen molar-refractivity contribution in [2.24, 2.45) is 5.41 Å². The highest BCUT2D eigenvalue weighted by molar-refractivity contribution is 5.37. The minimum Gasteiger partial charge on any atom is -0.435 e. The van der Waals surface area contributed by atoms with Crippen molar-refractivity contribution in [3.63, 3.8) is 0 Å². The molecule has 0 bridgehead atoms. The smallest absolute Gasteiger partial charge is 0.295 e. The highest BCUT2D eigenvalue weighted by Gasteiger charge is 2.45. The van der Waals surface area contributed by atoms with Crippen LogP contribution in [0.3, 0.4) is 0 Å². The molecule has 0 aromatic carbocycles. The number of carbonyl (C=O) groups is 1. The van der Waals surface area contributed by atoms with Crippen LogP contribution in [0.4, 0.5) is 0 Å². The van der Waals surface area contributed by atoms with Crippen molar-refractivity contribution in [3.8, 4) is 0 Å². The molecule has 3 N–H and O–H groups in total. The lowest BCUT2D eigenvalue weighted by Gasteiger charge is -2.38. The Morgan fingerprint density at radius 3 is 2.24 bits per heavy atom. The van der Waals surface area contributed by atoms with Gasteiger partial charge in [0.05, 0.1) is 0 Å². The van der Waals surface area contributed by atoms with E-state index in [-0.39, 0.29) is 11.9 Å². The molecule has 0 radical (unpaired) electrons. The van der Waals surface area contributed by atoms with E-state index in [9.17, 15) is 20.1 Å². The van der Waals surface area contributed by atoms with Crippen molar-refractivity contribution in [2.45, 2.75) is 70.9 Å². The molecular weight excluding hydrogens is 280 g/mol. The first-order valence-electron chi connectivity index (χ1n) is 7.16. The number of ether oxygens (including phenoxy) is 3. The first kappa shape index (κ1) is 18.3. The van der Waals surface area contributed by atoms with Gasteiger partial charge in [-0.3, -0.25) is 4.79 Å². The van der Waals surface area contributed by atoms with Crippen LogP contribution in [0.5, 0.6) is 0 Å². The Hall–Kier alpha value is -0.730. The van der Waals surface area contributed by atoms with E-state index >= 15 is 0 Å². The molecule has 7 nitrogen and oxygen atoms in total. The summed E-state index contributed by atoms with van der Waals surface area (Å²) in [6, 6.07) is 0. The van der Waals surface area contributed by atoms with Crippen molar-refractivity contribution < 1.29 is 34.3 Å². The molecule has 1 rings (SSSR count). The molecule has 1 aliphatic rings. The largest absolute Gasteiger partial charge is 0.435 e. The number of hydrogen-bond donors (Lipinski definition) is 3. The predicted molar refractivity (Wildman–Crippen MR) is 73.1 cm³/mol. The van der Waals surface area contributed by atoms with E-state index in [0.717, 1.165) is 19.3 Å². The molecule has 7 heteroatoms. The number of aliphatic hydroxyl groups excluding tert-OH is 3. The van der Waals surface area contributed by atoms with Gasteiger partial charge >= 0.3 is 0 Å². The number of hydrogen-bond acceptors (Lipinski definition) is 7. The molecule has 1 aliphatic heterocycles. The van der Waals surface area contributed by atoms with Crippen LogP contribution >= 0.6 is 0 Å². The average Bonchev–Trinajstić information content (AvgIpc) is 2.39. The zero-order chi connectivity index (χ0) is 16.0. The van der Waals surface area contributed by atoms with Crippen LogP contribution in [0.1, 0.15) is 40.0 Å². The summed E-state index contributed by atoms with van der Waals surface area (Å²) < 4.78 is 15.0. The van der Waals surface area contributed by atoms with Gasteiger partial charge in [0.15, 0.2) is 6.29 Å². The van der Waals surface area contributed by atoms with Crippen molar-refractivity contribution in [1.82, 2.24) is 0 Å². The Bertz CT molecular complexity index is 315. The molecule has 0 saturated carbocycles. The molecule has 21 heavy (non-hydrogen) atoms. The van der Waals surface area contributed by atoms with Crippen LogP contribution in [0.25, 0.3) is 0 Å². The third-order valence-corrected chi connectivity index (χ3v) is 3.32. The van der Waals surface area contributed by atoms with Crippen LogP contribution in [-0.2, 0) is 19.0 Å². The van der Waals surface area contributed by atoms with Crippen LogP contribution in [0.15, 0.2) is 0 Å². The maximum absolute atomic E-state index is 10.3. The van der Waals surface area contributed by atoms with Gasteiger partial charge in [0.2, 0.25) is 6.29 Å². The first-order valence-corrected chi connectivity index (χ1v) is 7.16. The van der Waals surface area contributed by atoms with Gasteiger partial charge in [0.25, 0.3) is 6.47 Å². The van der Waals surface area contributed by atoms with Crippen molar-refractivity contribution in [1.29, 1.82) is 0 Å². The summed E-state index contributed by atoms with van der Waals surface area (Å²) >= 11 is 0. The Morgan fingerprint density at radius 2 is 1.67 bits per heavy atom. The number of unbranched alkanes of at least 4 members (excludes halogenated alkanes) is 1. The summed E-state index contributed by atoms with van der Waals surface area (Å²) in [4.78, 5) is 10.3. The Kier molecular flexibility index (Phi) is 7.02. The normalized spacial score (nSPS) is 33.7. The van der Waals surface area contributed by atoms with Crippen molar-refractivity contribution in [2.75, 3.05) is 6.61 Å². The van der Waals surface area contributed by atoms with Gasteiger partial charge in [0.1, 0.15) is 18.3 Å². The molecule has 5 unspecified atom stereocenters. The highest BCUT2D eigenvalue weighted by atomic mass is 16.8. The van der Waals surface area contributed by atoms with Crippen molar-refractivity contribution in [3.05, 3.63) is 0 Å². The summed E-state index contributed by atoms with van der Waals surface area (Å²) in [5.41, 5.74) is 0.254. The fraction of sp³-hybridized carbons (Fsp3) is 0.929. The lowest BCUT2D eigenvalue weighted by Crippen LogP contribution is -2.58. The van der Waals surface area contributed by atoms with E-state index in [4.69, 9.17) is 9.47 Å². The van der Waals surface area contributed by atoms with Gasteiger partial charge in [-0.1, -0.05) is 27.2 Å². The van der Waals surface area contributed by atoms with E-state index in [1.165, 1.54) is 0 Å². The second-order valence-corrected chi connectivity index (χ2v) is 6.47. The van der Waals surface area contributed by atoms with Gasteiger partial charge in [-0.2, -0.15) is 0 Å². The molecule has 1 fully saturated rings. The topological polar surface area (TPSA) is 105 Å². The van der Waals surface area contributed by atoms with E-state index < -0.39 is 30.9 Å². The van der Waals surface area contributed by atoms with E-state index in [1.54, 1.807) is 0 Å². The lowest BCUT2D eigenvalue weighted by atomic mass is 9.90. The summed E-state index contributed by atoms with van der Waals surface area (Å²) in [5, 5.41) is 29.0. The number of aliphatic hydroxyl groups is 3. The average molecular weight is 306 g/mol. The van der Waals surface area contributed by atoms with Crippen LogP contribution < -0.4 is 0 Å². The number of carbonyl (C=O) groups excluding carboxylic acids is 1. The Morgan fingerprint density at radius 1 is 1.05 bits per heavy atom. The zero-order valence-corrected chi connectivity index (χ0v) is 12.8.